The molecular formula is C37H36F7N7O2S2. The van der Waals surface area contributed by atoms with Crippen LogP contribution < -0.4 is 15.8 Å². The lowest BCUT2D eigenvalue weighted by Gasteiger charge is -2.18. The zero-order chi connectivity index (χ0) is 39.6. The molecule has 2 aromatic carbocycles. The summed E-state index contributed by atoms with van der Waals surface area (Å²) < 4.78 is 103. The Hall–Kier alpha value is -4.73. The number of hydrogen-bond donors (Lipinski definition) is 2. The third-order valence-electron chi connectivity index (χ3n) is 9.58. The number of carbonyl (C=O) groups excluding carboxylic acids is 1. The molecule has 8 rings (SSSR count). The summed E-state index contributed by atoms with van der Waals surface area (Å²) >= 11 is 1.62. The maximum absolute atomic E-state index is 15.9. The third-order valence-corrected chi connectivity index (χ3v) is 11.5. The van der Waals surface area contributed by atoms with Gasteiger partial charge in [0.05, 0.1) is 27.8 Å². The number of benzene rings is 2. The number of methoxy groups -OCH3 is 1. The van der Waals surface area contributed by atoms with Crippen LogP contribution in [0.25, 0.3) is 32.1 Å². The maximum Gasteiger partial charge on any atom is 0.417 e. The van der Waals surface area contributed by atoms with Crippen LogP contribution >= 0.6 is 22.7 Å². The molecule has 3 saturated heterocycles. The molecule has 0 aliphatic carbocycles. The van der Waals surface area contributed by atoms with Crippen molar-refractivity contribution >= 4 is 60.4 Å². The number of amides is 1. The monoisotopic (exact) mass is 807 g/mol. The van der Waals surface area contributed by atoms with Crippen molar-refractivity contribution in [2.75, 3.05) is 50.9 Å². The molecule has 0 saturated carbocycles. The van der Waals surface area contributed by atoms with Crippen molar-refractivity contribution in [3.8, 4) is 23.2 Å². The lowest BCUT2D eigenvalue weighted by Crippen LogP contribution is -2.26. The summed E-state index contributed by atoms with van der Waals surface area (Å²) in [4.78, 5) is 24.1. The molecule has 0 bridgehead atoms. The SMILES string of the molecule is CCNc1nc(OC)nc2c(F)c(-c3ccc(F)c4sc(N)c(C#N)c34)c(C(F)(F)F)cc12.FC1CC2CCCN2C1.O=C(c1ccc(F)s1)N1CCCC1. The fourth-order valence-corrected chi connectivity index (χ4v) is 8.78. The molecule has 5 aromatic rings. The maximum atomic E-state index is 15.9. The molecule has 2 unspecified atom stereocenters. The van der Waals surface area contributed by atoms with Crippen LogP contribution in [0.1, 0.15) is 59.8 Å². The van der Waals surface area contributed by atoms with Gasteiger partial charge in [-0.15, -0.1) is 22.7 Å². The Kier molecular flexibility index (Phi) is 12.0. The molecule has 9 nitrogen and oxygen atoms in total. The molecule has 0 spiro atoms. The van der Waals surface area contributed by atoms with Crippen LogP contribution in [0.15, 0.2) is 30.3 Å². The Morgan fingerprint density at radius 2 is 1.84 bits per heavy atom. The minimum Gasteiger partial charge on any atom is -0.467 e. The van der Waals surface area contributed by atoms with E-state index in [-0.39, 0.29) is 61.0 Å². The summed E-state index contributed by atoms with van der Waals surface area (Å²) in [6.07, 6.45) is -0.0462. The summed E-state index contributed by atoms with van der Waals surface area (Å²) in [6.45, 7) is 5.47. The molecule has 1 amide bonds. The number of carbonyl (C=O) groups is 1. The number of anilines is 2. The van der Waals surface area contributed by atoms with Crippen LogP contribution in [0.2, 0.25) is 0 Å². The second-order valence-electron chi connectivity index (χ2n) is 13.1. The molecule has 55 heavy (non-hydrogen) atoms. The average molecular weight is 808 g/mol. The van der Waals surface area contributed by atoms with Gasteiger partial charge < -0.3 is 20.7 Å². The molecular weight excluding hydrogens is 772 g/mol. The predicted molar refractivity (Wildman–Crippen MR) is 199 cm³/mol. The highest BCUT2D eigenvalue weighted by Gasteiger charge is 2.38. The number of nitrogens with two attached hydrogens (primary N) is 1. The number of aromatic nitrogens is 2. The number of thiophene rings is 2. The molecule has 3 fully saturated rings. The smallest absolute Gasteiger partial charge is 0.417 e. The van der Waals surface area contributed by atoms with Crippen molar-refractivity contribution < 1.29 is 40.3 Å². The van der Waals surface area contributed by atoms with Gasteiger partial charge in [0.25, 0.3) is 5.91 Å². The first-order valence-electron chi connectivity index (χ1n) is 17.5. The van der Waals surface area contributed by atoms with E-state index in [4.69, 9.17) is 10.5 Å². The van der Waals surface area contributed by atoms with E-state index in [1.807, 2.05) is 0 Å². The zero-order valence-electron chi connectivity index (χ0n) is 29.7. The first-order valence-corrected chi connectivity index (χ1v) is 19.1. The van der Waals surface area contributed by atoms with Gasteiger partial charge in [0.1, 0.15) is 34.4 Å². The van der Waals surface area contributed by atoms with E-state index in [9.17, 15) is 36.4 Å². The fourth-order valence-electron chi connectivity index (χ4n) is 7.13. The van der Waals surface area contributed by atoms with E-state index >= 15 is 4.39 Å². The van der Waals surface area contributed by atoms with Crippen LogP contribution in [0.4, 0.5) is 41.6 Å². The van der Waals surface area contributed by atoms with E-state index in [0.29, 0.717) is 28.8 Å². The lowest BCUT2D eigenvalue weighted by atomic mass is 9.92. The second-order valence-corrected chi connectivity index (χ2v) is 15.2. The molecule has 2 atom stereocenters. The standard InChI is InChI=1S/C21H14F5N5OS.C9H10FNOS.C7H12FN/c1-3-29-19-9-6-11(21(24,25)26)14(15(23)16(9)30-20(31-19)32-2)8-4-5-12(22)17-13(8)10(7-27)18(28)33-17;10-8-4-3-7(13-8)9(12)11-5-1-2-6-11;8-6-4-7-2-1-3-9(7)5-6/h4-6H,3,28H2,1-2H3,(H,29,30,31);3-4H,1-2,5-6H2;6-7H,1-5H2. The predicted octanol–water partition coefficient (Wildman–Crippen LogP) is 9.02. The number of nitrogens with zero attached hydrogens (tertiary/aromatic N) is 5. The average Bonchev–Trinajstić information content (AvgIpc) is 3.99. The van der Waals surface area contributed by atoms with Crippen LogP contribution in [0, 0.1) is 28.1 Å². The number of nitrogen functional groups attached to an aromatic ring is 1. The fraction of sp³-hybridized carbons (Fsp3) is 0.405. The van der Waals surface area contributed by atoms with Crippen molar-refractivity contribution in [2.24, 2.45) is 0 Å². The van der Waals surface area contributed by atoms with Crippen molar-refractivity contribution in [3.05, 3.63) is 63.1 Å². The summed E-state index contributed by atoms with van der Waals surface area (Å²) in [7, 11) is 1.23. The molecule has 0 radical (unpaired) electrons. The molecule has 3 aliphatic heterocycles. The van der Waals surface area contributed by atoms with Crippen molar-refractivity contribution in [3.63, 3.8) is 0 Å². The topological polar surface area (TPSA) is 120 Å². The molecule has 18 heteroatoms. The minimum absolute atomic E-state index is 0.0219. The summed E-state index contributed by atoms with van der Waals surface area (Å²) in [6, 6.07) is 7.65. The number of rotatable bonds is 5. The van der Waals surface area contributed by atoms with Gasteiger partial charge in [0.15, 0.2) is 10.9 Å². The first kappa shape index (κ1) is 39.9. The van der Waals surface area contributed by atoms with Crippen molar-refractivity contribution in [2.45, 2.75) is 57.4 Å². The lowest BCUT2D eigenvalue weighted by molar-refractivity contribution is -0.137. The van der Waals surface area contributed by atoms with Gasteiger partial charge in [-0.05, 0) is 75.4 Å². The number of fused-ring (bicyclic) bond motifs is 3. The molecule has 292 valence electrons. The first-order chi connectivity index (χ1) is 26.2. The largest absolute Gasteiger partial charge is 0.467 e. The molecule has 3 aromatic heterocycles. The van der Waals surface area contributed by atoms with E-state index in [0.717, 1.165) is 68.4 Å². The Morgan fingerprint density at radius 1 is 1.09 bits per heavy atom. The number of ether oxygens (including phenoxy) is 1. The molecule has 3 aliphatic rings. The Balaban J connectivity index is 0.000000187. The highest BCUT2D eigenvalue weighted by Crippen LogP contribution is 2.47. The van der Waals surface area contributed by atoms with Crippen LogP contribution in [-0.4, -0.2) is 77.7 Å². The van der Waals surface area contributed by atoms with Gasteiger partial charge in [-0.25, -0.2) is 13.2 Å². The normalized spacial score (nSPS) is 18.1. The van der Waals surface area contributed by atoms with Crippen LogP contribution in [0.3, 0.4) is 0 Å². The van der Waals surface area contributed by atoms with E-state index in [1.54, 1.807) is 24.0 Å². The summed E-state index contributed by atoms with van der Waals surface area (Å²) in [5.41, 5.74) is 2.59. The Bertz CT molecular complexity index is 2240. The quantitative estimate of drug-likeness (QED) is 0.169. The highest BCUT2D eigenvalue weighted by molar-refractivity contribution is 7.23. The highest BCUT2D eigenvalue weighted by atomic mass is 32.1. The molecule has 3 N–H and O–H groups in total. The van der Waals surface area contributed by atoms with Gasteiger partial charge in [0, 0.05) is 48.6 Å². The van der Waals surface area contributed by atoms with Crippen molar-refractivity contribution in [1.82, 2.24) is 19.8 Å². The number of nitriles is 1. The van der Waals surface area contributed by atoms with Gasteiger partial charge in [-0.2, -0.15) is 32.8 Å². The second kappa shape index (κ2) is 16.6. The van der Waals surface area contributed by atoms with Crippen LogP contribution in [-0.2, 0) is 6.18 Å². The van der Waals surface area contributed by atoms with Crippen molar-refractivity contribution in [1.29, 1.82) is 5.26 Å². The van der Waals surface area contributed by atoms with Crippen LogP contribution in [0.5, 0.6) is 6.01 Å². The van der Waals surface area contributed by atoms with E-state index in [1.165, 1.54) is 26.0 Å². The number of alkyl halides is 4. The number of hydrogen-bond acceptors (Lipinski definition) is 10. The summed E-state index contributed by atoms with van der Waals surface area (Å²) in [5.74, 6) is -2.18. The van der Waals surface area contributed by atoms with Gasteiger partial charge in [-0.3, -0.25) is 9.69 Å². The Labute approximate surface area is 319 Å². The number of likely N-dealkylation sites (tertiary alicyclic amines) is 1. The summed E-state index contributed by atoms with van der Waals surface area (Å²) in [5, 5.41) is 11.5. The zero-order valence-corrected chi connectivity index (χ0v) is 31.3. The van der Waals surface area contributed by atoms with Gasteiger partial charge in [-0.1, -0.05) is 6.07 Å². The third kappa shape index (κ3) is 8.29. The molecule has 6 heterocycles. The Morgan fingerprint density at radius 3 is 2.45 bits per heavy atom. The minimum atomic E-state index is -5.00. The van der Waals surface area contributed by atoms with E-state index < -0.39 is 40.6 Å². The van der Waals surface area contributed by atoms with E-state index in [2.05, 4.69) is 20.2 Å². The van der Waals surface area contributed by atoms with Gasteiger partial charge in [0.2, 0.25) is 0 Å². The van der Waals surface area contributed by atoms with Gasteiger partial charge >= 0.3 is 12.2 Å². The number of nitrogens with one attached hydrogen (secondary N) is 1. The number of halogens is 7.